The molecule has 128 valence electrons. The van der Waals surface area contributed by atoms with Crippen molar-refractivity contribution in [3.05, 3.63) is 46.0 Å². The fourth-order valence-corrected chi connectivity index (χ4v) is 5.29. The van der Waals surface area contributed by atoms with Gasteiger partial charge in [0.2, 0.25) is 10.0 Å². The smallest absolute Gasteiger partial charge is 0.255 e. The molecule has 2 aromatic rings. The molecular weight excluding hydrogens is 414 g/mol. The summed E-state index contributed by atoms with van der Waals surface area (Å²) >= 11 is 4.50. The molecule has 9 heteroatoms. The van der Waals surface area contributed by atoms with E-state index >= 15 is 0 Å². The molecule has 1 N–H and O–H groups in total. The van der Waals surface area contributed by atoms with Crippen molar-refractivity contribution in [2.75, 3.05) is 13.1 Å². The maximum atomic E-state index is 12.5. The summed E-state index contributed by atoms with van der Waals surface area (Å²) in [6, 6.07) is 4.89. The molecule has 0 bridgehead atoms. The van der Waals surface area contributed by atoms with Crippen molar-refractivity contribution >= 4 is 43.2 Å². The standard InChI is InChI=1S/C15H16BrN3O3S2/c16-12-8-11(9-17-10-12)15(20)19-5-3-13(4-6-19)18-24(21,22)14-2-1-7-23-14/h1-2,7-10,13,18H,3-6H2. The van der Waals surface area contributed by atoms with Crippen LogP contribution in [0.15, 0.2) is 44.7 Å². The molecule has 6 nitrogen and oxygen atoms in total. The van der Waals surface area contributed by atoms with E-state index in [1.807, 2.05) is 0 Å². The Morgan fingerprint density at radius 1 is 1.33 bits per heavy atom. The minimum Gasteiger partial charge on any atom is -0.338 e. The number of carbonyl (C=O) groups is 1. The zero-order chi connectivity index (χ0) is 17.2. The Hall–Kier alpha value is -1.29. The largest absolute Gasteiger partial charge is 0.338 e. The number of thiophene rings is 1. The molecule has 0 radical (unpaired) electrons. The second kappa shape index (κ2) is 7.30. The van der Waals surface area contributed by atoms with E-state index in [4.69, 9.17) is 0 Å². The van der Waals surface area contributed by atoms with Crippen LogP contribution in [0.5, 0.6) is 0 Å². The van der Waals surface area contributed by atoms with E-state index in [9.17, 15) is 13.2 Å². The third-order valence-electron chi connectivity index (χ3n) is 3.82. The van der Waals surface area contributed by atoms with Gasteiger partial charge in [-0.05, 0) is 46.3 Å². The van der Waals surface area contributed by atoms with Crippen molar-refractivity contribution in [1.29, 1.82) is 0 Å². The quantitative estimate of drug-likeness (QED) is 0.809. The molecule has 1 aliphatic heterocycles. The van der Waals surface area contributed by atoms with Crippen LogP contribution in [0, 0.1) is 0 Å². The van der Waals surface area contributed by atoms with Crippen molar-refractivity contribution in [3.8, 4) is 0 Å². The number of piperidine rings is 1. The summed E-state index contributed by atoms with van der Waals surface area (Å²) in [5.41, 5.74) is 0.530. The van der Waals surface area contributed by atoms with Crippen molar-refractivity contribution in [2.45, 2.75) is 23.1 Å². The first-order chi connectivity index (χ1) is 11.5. The van der Waals surface area contributed by atoms with Crippen LogP contribution in [0.2, 0.25) is 0 Å². The summed E-state index contributed by atoms with van der Waals surface area (Å²) in [5.74, 6) is -0.0802. The van der Waals surface area contributed by atoms with Crippen molar-refractivity contribution in [3.63, 3.8) is 0 Å². The summed E-state index contributed by atoms with van der Waals surface area (Å²) in [7, 11) is -3.46. The Morgan fingerprint density at radius 2 is 2.08 bits per heavy atom. The van der Waals surface area contributed by atoms with Gasteiger partial charge in [-0.25, -0.2) is 13.1 Å². The highest BCUT2D eigenvalue weighted by atomic mass is 79.9. The number of carbonyl (C=O) groups excluding carboxylic acids is 1. The molecule has 3 heterocycles. The highest BCUT2D eigenvalue weighted by Gasteiger charge is 2.27. The third-order valence-corrected chi connectivity index (χ3v) is 7.17. The molecule has 1 fully saturated rings. The lowest BCUT2D eigenvalue weighted by atomic mass is 10.1. The van der Waals surface area contributed by atoms with Crippen LogP contribution < -0.4 is 4.72 Å². The molecule has 0 spiro atoms. The van der Waals surface area contributed by atoms with Gasteiger partial charge < -0.3 is 4.90 Å². The molecule has 1 aliphatic rings. The van der Waals surface area contributed by atoms with Gasteiger partial charge in [-0.3, -0.25) is 9.78 Å². The van der Waals surface area contributed by atoms with Crippen molar-refractivity contribution in [2.24, 2.45) is 0 Å². The highest BCUT2D eigenvalue weighted by molar-refractivity contribution is 9.10. The number of rotatable bonds is 4. The fourth-order valence-electron chi connectivity index (χ4n) is 2.61. The second-order valence-electron chi connectivity index (χ2n) is 5.51. The van der Waals surface area contributed by atoms with Crippen LogP contribution in [-0.4, -0.2) is 43.3 Å². The first-order valence-electron chi connectivity index (χ1n) is 7.41. The van der Waals surface area contributed by atoms with E-state index in [1.54, 1.807) is 40.9 Å². The Kier molecular flexibility index (Phi) is 5.33. The van der Waals surface area contributed by atoms with E-state index < -0.39 is 10.0 Å². The molecule has 2 aromatic heterocycles. The number of sulfonamides is 1. The molecule has 0 aromatic carbocycles. The lowest BCUT2D eigenvalue weighted by molar-refractivity contribution is 0.0711. The normalized spacial score (nSPS) is 16.3. The van der Waals surface area contributed by atoms with Gasteiger partial charge in [0, 0.05) is 36.0 Å². The maximum absolute atomic E-state index is 12.5. The molecule has 1 amide bonds. The number of hydrogen-bond acceptors (Lipinski definition) is 5. The number of pyridine rings is 1. The Morgan fingerprint density at radius 3 is 2.71 bits per heavy atom. The summed E-state index contributed by atoms with van der Waals surface area (Å²) in [6.07, 6.45) is 4.36. The molecule has 0 saturated carbocycles. The van der Waals surface area contributed by atoms with Crippen LogP contribution in [0.4, 0.5) is 0 Å². The van der Waals surface area contributed by atoms with Gasteiger partial charge in [0.25, 0.3) is 5.91 Å². The minimum atomic E-state index is -3.46. The maximum Gasteiger partial charge on any atom is 0.255 e. The average Bonchev–Trinajstić information content (AvgIpc) is 3.10. The van der Waals surface area contributed by atoms with E-state index in [-0.39, 0.29) is 11.9 Å². The van der Waals surface area contributed by atoms with E-state index in [0.29, 0.717) is 35.7 Å². The van der Waals surface area contributed by atoms with Gasteiger partial charge in [0.15, 0.2) is 0 Å². The molecule has 24 heavy (non-hydrogen) atoms. The fraction of sp³-hybridized carbons (Fsp3) is 0.333. The summed E-state index contributed by atoms with van der Waals surface area (Å²) in [6.45, 7) is 1.03. The number of nitrogens with zero attached hydrogens (tertiary/aromatic N) is 2. The number of hydrogen-bond donors (Lipinski definition) is 1. The summed E-state index contributed by atoms with van der Waals surface area (Å²) in [4.78, 5) is 18.2. The van der Waals surface area contributed by atoms with Gasteiger partial charge in [0.1, 0.15) is 4.21 Å². The van der Waals surface area contributed by atoms with Crippen LogP contribution >= 0.6 is 27.3 Å². The first-order valence-corrected chi connectivity index (χ1v) is 10.6. The summed E-state index contributed by atoms with van der Waals surface area (Å²) < 4.78 is 28.3. The highest BCUT2D eigenvalue weighted by Crippen LogP contribution is 2.20. The minimum absolute atomic E-state index is 0.0802. The average molecular weight is 430 g/mol. The van der Waals surface area contributed by atoms with Crippen LogP contribution in [-0.2, 0) is 10.0 Å². The molecule has 0 aliphatic carbocycles. The number of amides is 1. The predicted octanol–water partition coefficient (Wildman–Crippen LogP) is 2.49. The Labute approximate surface area is 153 Å². The van der Waals surface area contributed by atoms with E-state index in [0.717, 1.165) is 4.47 Å². The monoisotopic (exact) mass is 429 g/mol. The van der Waals surface area contributed by atoms with Crippen molar-refractivity contribution < 1.29 is 13.2 Å². The molecule has 1 saturated heterocycles. The van der Waals surface area contributed by atoms with E-state index in [1.165, 1.54) is 11.3 Å². The van der Waals surface area contributed by atoms with Gasteiger partial charge in [-0.2, -0.15) is 0 Å². The zero-order valence-electron chi connectivity index (χ0n) is 12.7. The van der Waals surface area contributed by atoms with Gasteiger partial charge >= 0.3 is 0 Å². The molecule has 3 rings (SSSR count). The molecule has 0 unspecified atom stereocenters. The first kappa shape index (κ1) is 17.5. The molecule has 0 atom stereocenters. The SMILES string of the molecule is O=C(c1cncc(Br)c1)N1CCC(NS(=O)(=O)c2cccs2)CC1. The Bertz CT molecular complexity index is 816. The lowest BCUT2D eigenvalue weighted by Gasteiger charge is -2.32. The van der Waals surface area contributed by atoms with Crippen molar-refractivity contribution in [1.82, 2.24) is 14.6 Å². The Balaban J connectivity index is 1.59. The lowest BCUT2D eigenvalue weighted by Crippen LogP contribution is -2.46. The molecular formula is C15H16BrN3O3S2. The predicted molar refractivity (Wildman–Crippen MR) is 95.5 cm³/mol. The van der Waals surface area contributed by atoms with Gasteiger partial charge in [-0.15, -0.1) is 11.3 Å². The number of likely N-dealkylation sites (tertiary alicyclic amines) is 1. The van der Waals surface area contributed by atoms with Crippen LogP contribution in [0.3, 0.4) is 0 Å². The number of aromatic nitrogens is 1. The zero-order valence-corrected chi connectivity index (χ0v) is 15.9. The van der Waals surface area contributed by atoms with Gasteiger partial charge in [0.05, 0.1) is 5.56 Å². The van der Waals surface area contributed by atoms with Crippen LogP contribution in [0.1, 0.15) is 23.2 Å². The summed E-state index contributed by atoms with van der Waals surface area (Å²) in [5, 5.41) is 1.74. The van der Waals surface area contributed by atoms with Gasteiger partial charge in [-0.1, -0.05) is 6.07 Å². The topological polar surface area (TPSA) is 79.4 Å². The van der Waals surface area contributed by atoms with E-state index in [2.05, 4.69) is 25.6 Å². The number of halogens is 1. The second-order valence-corrected chi connectivity index (χ2v) is 9.32. The third kappa shape index (κ3) is 4.02. The number of nitrogens with one attached hydrogen (secondary N) is 1. The van der Waals surface area contributed by atoms with Crippen LogP contribution in [0.25, 0.3) is 0 Å².